The third-order valence-corrected chi connectivity index (χ3v) is 5.44. The number of aromatic amines is 1. The number of benzene rings is 2. The highest BCUT2D eigenvalue weighted by atomic mass is 35.5. The van der Waals surface area contributed by atoms with E-state index >= 15 is 0 Å². The molecule has 0 aliphatic carbocycles. The molecule has 3 aromatic rings. The Morgan fingerprint density at radius 2 is 2.03 bits per heavy atom. The molecule has 1 heterocycles. The van der Waals surface area contributed by atoms with Crippen molar-refractivity contribution >= 4 is 57.5 Å². The number of anilines is 1. The number of oxime groups is 1. The van der Waals surface area contributed by atoms with E-state index in [4.69, 9.17) is 27.9 Å². The quantitative estimate of drug-likeness (QED) is 0.216. The van der Waals surface area contributed by atoms with Crippen molar-refractivity contribution in [3.8, 4) is 0 Å². The summed E-state index contributed by atoms with van der Waals surface area (Å²) in [5.74, 6) is -3.15. The fourth-order valence-corrected chi connectivity index (χ4v) is 3.41. The number of rotatable bonds is 6. The van der Waals surface area contributed by atoms with Crippen molar-refractivity contribution in [2.45, 2.75) is 13.3 Å². The summed E-state index contributed by atoms with van der Waals surface area (Å²) in [6.07, 6.45) is -0.345. The van der Waals surface area contributed by atoms with Crippen LogP contribution in [0.25, 0.3) is 11.0 Å². The number of hydrogen-bond acceptors (Lipinski definition) is 7. The minimum absolute atomic E-state index is 0.0527. The number of ether oxygens (including phenoxy) is 1. The van der Waals surface area contributed by atoms with Gasteiger partial charge in [0, 0.05) is 22.2 Å². The Balaban J connectivity index is 1.95. The lowest BCUT2D eigenvalue weighted by molar-refractivity contribution is -0.143. The first kappa shape index (κ1) is 23.2. The molecule has 2 aromatic carbocycles. The molecule has 0 fully saturated rings. The van der Waals surface area contributed by atoms with E-state index in [9.17, 15) is 19.6 Å². The van der Waals surface area contributed by atoms with Crippen LogP contribution in [0.3, 0.4) is 0 Å². The molecule has 1 atom stereocenters. The average molecular weight is 477 g/mol. The van der Waals surface area contributed by atoms with E-state index in [0.29, 0.717) is 32.3 Å². The first-order valence-electron chi connectivity index (χ1n) is 9.29. The number of aromatic nitrogens is 2. The fraction of sp³-hybridized carbons (Fsp3) is 0.190. The van der Waals surface area contributed by atoms with Gasteiger partial charge in [-0.1, -0.05) is 34.4 Å². The van der Waals surface area contributed by atoms with Gasteiger partial charge in [-0.05, 0) is 42.8 Å². The number of nitrogens with zero attached hydrogens (tertiary/aromatic N) is 2. The van der Waals surface area contributed by atoms with Crippen LogP contribution in [0.1, 0.15) is 11.3 Å². The zero-order valence-electron chi connectivity index (χ0n) is 17.0. The van der Waals surface area contributed by atoms with E-state index in [0.717, 1.165) is 7.11 Å². The zero-order valence-corrected chi connectivity index (χ0v) is 18.5. The number of hydrogen-bond donors (Lipinski definition) is 3. The number of nitrogens with one attached hydrogen (secondary N) is 2. The number of H-pyrrole nitrogens is 1. The molecule has 0 aliphatic heterocycles. The molecule has 0 saturated carbocycles. The molecule has 0 bridgehead atoms. The van der Waals surface area contributed by atoms with Crippen molar-refractivity contribution in [3.05, 3.63) is 68.1 Å². The minimum Gasteiger partial charge on any atom is -0.468 e. The van der Waals surface area contributed by atoms with E-state index in [1.54, 1.807) is 37.3 Å². The first-order valence-corrected chi connectivity index (χ1v) is 10.1. The van der Waals surface area contributed by atoms with Gasteiger partial charge in [-0.25, -0.2) is 4.98 Å². The van der Waals surface area contributed by atoms with Crippen molar-refractivity contribution in [1.29, 1.82) is 0 Å². The third kappa shape index (κ3) is 4.90. The normalized spacial score (nSPS) is 12.4. The smallest absolute Gasteiger partial charge is 0.315 e. The van der Waals surface area contributed by atoms with Crippen molar-refractivity contribution in [1.82, 2.24) is 9.97 Å². The Bertz CT molecular complexity index is 1290. The topological polar surface area (TPSA) is 134 Å². The van der Waals surface area contributed by atoms with Crippen LogP contribution in [0.15, 0.2) is 46.3 Å². The van der Waals surface area contributed by atoms with E-state index in [1.165, 1.54) is 6.07 Å². The first-order chi connectivity index (χ1) is 15.2. The van der Waals surface area contributed by atoms with Crippen molar-refractivity contribution in [2.75, 3.05) is 12.4 Å². The van der Waals surface area contributed by atoms with E-state index in [-0.39, 0.29) is 12.1 Å². The molecule has 11 heteroatoms. The Hall–Kier alpha value is -3.43. The number of amides is 1. The maximum absolute atomic E-state index is 12.8. The van der Waals surface area contributed by atoms with Crippen LogP contribution in [0, 0.1) is 12.8 Å². The lowest BCUT2D eigenvalue weighted by Crippen LogP contribution is -2.38. The minimum atomic E-state index is -1.40. The summed E-state index contributed by atoms with van der Waals surface area (Å²) in [7, 11) is 1.11. The van der Waals surface area contributed by atoms with Crippen LogP contribution < -0.4 is 10.9 Å². The molecule has 166 valence electrons. The number of halogens is 2. The van der Waals surface area contributed by atoms with Crippen LogP contribution in [0.5, 0.6) is 0 Å². The summed E-state index contributed by atoms with van der Waals surface area (Å²) in [4.78, 5) is 44.7. The number of carbonyl (C=O) groups excluding carboxylic acids is 2. The van der Waals surface area contributed by atoms with E-state index in [1.807, 2.05) is 0 Å². The Morgan fingerprint density at radius 3 is 2.72 bits per heavy atom. The molecule has 1 amide bonds. The van der Waals surface area contributed by atoms with E-state index in [2.05, 4.69) is 20.4 Å². The number of fused-ring (bicyclic) bond motifs is 1. The van der Waals surface area contributed by atoms with Crippen LogP contribution >= 0.6 is 23.2 Å². The maximum Gasteiger partial charge on any atom is 0.315 e. The lowest BCUT2D eigenvalue weighted by atomic mass is 9.96. The van der Waals surface area contributed by atoms with Crippen LogP contribution in [0.2, 0.25) is 10.0 Å². The highest BCUT2D eigenvalue weighted by Gasteiger charge is 2.33. The lowest BCUT2D eigenvalue weighted by Gasteiger charge is -2.16. The molecule has 0 radical (unpaired) electrons. The van der Waals surface area contributed by atoms with Crippen LogP contribution in [-0.4, -0.2) is 39.9 Å². The summed E-state index contributed by atoms with van der Waals surface area (Å²) in [5.41, 5.74) is 0.598. The van der Waals surface area contributed by atoms with Gasteiger partial charge in [-0.15, -0.1) is 0 Å². The molecule has 0 unspecified atom stereocenters. The molecule has 0 aliphatic rings. The fourth-order valence-electron chi connectivity index (χ4n) is 3.06. The highest BCUT2D eigenvalue weighted by molar-refractivity contribution is 6.46. The van der Waals surface area contributed by atoms with E-state index < -0.39 is 29.1 Å². The monoisotopic (exact) mass is 476 g/mol. The summed E-state index contributed by atoms with van der Waals surface area (Å²) < 4.78 is 4.76. The second-order valence-electron chi connectivity index (χ2n) is 6.81. The molecule has 0 spiro atoms. The van der Waals surface area contributed by atoms with Crippen molar-refractivity contribution in [3.63, 3.8) is 0 Å². The molecule has 0 saturated heterocycles. The van der Waals surface area contributed by atoms with Crippen molar-refractivity contribution < 1.29 is 19.5 Å². The van der Waals surface area contributed by atoms with Gasteiger partial charge < -0.3 is 20.2 Å². The summed E-state index contributed by atoms with van der Waals surface area (Å²) in [6.45, 7) is 1.69. The second kappa shape index (κ2) is 9.80. The third-order valence-electron chi connectivity index (χ3n) is 4.79. The highest BCUT2D eigenvalue weighted by Crippen LogP contribution is 2.23. The second-order valence-corrected chi connectivity index (χ2v) is 7.65. The number of methoxy groups -OCH3 is 1. The average Bonchev–Trinajstić information content (AvgIpc) is 2.76. The van der Waals surface area contributed by atoms with Gasteiger partial charge in [0.15, 0.2) is 5.71 Å². The molecule has 3 N–H and O–H groups in total. The number of carbonyl (C=O) groups is 2. The zero-order chi connectivity index (χ0) is 23.4. The standard InChI is InChI=1S/C21H18Cl2N4O5/c1-10-13(23)4-3-5-14(10)25-20(29)18(27-31)12(21(30)32-2)9-17-19(28)26-16-8-11(22)6-7-15(16)24-17/h3-8,12,31H,9H2,1-2H3,(H,25,29)(H,26,28)/b27-18+/t12-/m1/s1. The number of esters is 1. The molecule has 1 aromatic heterocycles. The Kier molecular flexibility index (Phi) is 7.12. The van der Waals surface area contributed by atoms with Gasteiger partial charge >= 0.3 is 5.97 Å². The molecule has 32 heavy (non-hydrogen) atoms. The molecule has 3 rings (SSSR count). The van der Waals surface area contributed by atoms with Gasteiger partial charge in [-0.3, -0.25) is 14.4 Å². The summed E-state index contributed by atoms with van der Waals surface area (Å²) in [6, 6.07) is 9.60. The van der Waals surface area contributed by atoms with Gasteiger partial charge in [0.25, 0.3) is 11.5 Å². The SMILES string of the molecule is COC(=O)[C@H](Cc1nc2ccc(Cl)cc2[nH]c1=O)/C(=N\O)C(=O)Nc1cccc(Cl)c1C. The predicted molar refractivity (Wildman–Crippen MR) is 121 cm³/mol. The molecular formula is C21H18Cl2N4O5. The Labute approximate surface area is 192 Å². The van der Waals surface area contributed by atoms with Crippen molar-refractivity contribution in [2.24, 2.45) is 11.1 Å². The molecular weight excluding hydrogens is 459 g/mol. The summed E-state index contributed by atoms with van der Waals surface area (Å²) in [5, 5.41) is 15.9. The van der Waals surface area contributed by atoms with Gasteiger partial charge in [-0.2, -0.15) is 0 Å². The van der Waals surface area contributed by atoms with Gasteiger partial charge in [0.2, 0.25) is 0 Å². The summed E-state index contributed by atoms with van der Waals surface area (Å²) >= 11 is 12.0. The maximum atomic E-state index is 12.8. The van der Waals surface area contributed by atoms with Crippen LogP contribution in [0.4, 0.5) is 5.69 Å². The molecule has 9 nitrogen and oxygen atoms in total. The largest absolute Gasteiger partial charge is 0.468 e. The predicted octanol–water partition coefficient (Wildman–Crippen LogP) is 3.34. The van der Waals surface area contributed by atoms with Crippen LogP contribution in [-0.2, 0) is 20.7 Å². The Morgan fingerprint density at radius 1 is 1.28 bits per heavy atom. The van der Waals surface area contributed by atoms with Gasteiger partial charge in [0.1, 0.15) is 11.6 Å². The van der Waals surface area contributed by atoms with Gasteiger partial charge in [0.05, 0.1) is 18.1 Å².